The molecule has 18 heavy (non-hydrogen) atoms. The van der Waals surface area contributed by atoms with Gasteiger partial charge in [-0.25, -0.2) is 0 Å². The third-order valence-corrected chi connectivity index (χ3v) is 5.53. The Kier molecular flexibility index (Phi) is 5.83. The fraction of sp³-hybridized carbons (Fsp3) is 0.929. The number of nitrogens with one attached hydrogen (secondary N) is 1. The first-order valence-corrected chi connectivity index (χ1v) is 8.44. The zero-order valence-corrected chi connectivity index (χ0v) is 12.3. The molecule has 1 atom stereocenters. The molecule has 2 aliphatic rings. The molecule has 0 aromatic rings. The summed E-state index contributed by atoms with van der Waals surface area (Å²) in [6.45, 7) is 6.47. The second-order valence-electron chi connectivity index (χ2n) is 5.52. The molecule has 0 aromatic carbocycles. The topological polar surface area (TPSA) is 32.3 Å². The fourth-order valence-corrected chi connectivity index (χ4v) is 4.00. The average Bonchev–Trinajstić information content (AvgIpc) is 2.46. The number of hydrogen-bond donors (Lipinski definition) is 1. The van der Waals surface area contributed by atoms with Crippen molar-refractivity contribution in [1.29, 1.82) is 0 Å². The van der Waals surface area contributed by atoms with Crippen LogP contribution in [-0.2, 0) is 4.79 Å². The van der Waals surface area contributed by atoms with E-state index in [1.165, 1.54) is 32.1 Å². The van der Waals surface area contributed by atoms with Crippen LogP contribution >= 0.6 is 11.8 Å². The van der Waals surface area contributed by atoms with Crippen LogP contribution in [0, 0.1) is 5.92 Å². The van der Waals surface area contributed by atoms with E-state index in [9.17, 15) is 4.79 Å². The van der Waals surface area contributed by atoms with Gasteiger partial charge in [-0.15, -0.1) is 11.8 Å². The van der Waals surface area contributed by atoms with Crippen molar-refractivity contribution in [3.63, 3.8) is 0 Å². The van der Waals surface area contributed by atoms with Gasteiger partial charge < -0.3 is 10.2 Å². The van der Waals surface area contributed by atoms with Crippen molar-refractivity contribution < 1.29 is 4.79 Å². The van der Waals surface area contributed by atoms with Crippen LogP contribution in [0.25, 0.3) is 0 Å². The minimum atomic E-state index is 0.372. The Balaban J connectivity index is 1.70. The Hall–Kier alpha value is -0.220. The number of likely N-dealkylation sites (tertiary alicyclic amines) is 1. The maximum Gasteiger partial charge on any atom is 0.232 e. The highest BCUT2D eigenvalue weighted by Gasteiger charge is 2.23. The van der Waals surface area contributed by atoms with Gasteiger partial charge in [-0.2, -0.15) is 0 Å². The van der Waals surface area contributed by atoms with Crippen molar-refractivity contribution >= 4 is 17.7 Å². The second-order valence-corrected chi connectivity index (χ2v) is 6.81. The van der Waals surface area contributed by atoms with Gasteiger partial charge in [0.25, 0.3) is 0 Å². The molecule has 0 saturated carbocycles. The number of nitrogens with zero attached hydrogens (tertiary/aromatic N) is 1. The van der Waals surface area contributed by atoms with Crippen LogP contribution in [0.15, 0.2) is 0 Å². The molecule has 0 aliphatic carbocycles. The van der Waals surface area contributed by atoms with Crippen LogP contribution in [0.5, 0.6) is 0 Å². The van der Waals surface area contributed by atoms with Crippen molar-refractivity contribution in [3.8, 4) is 0 Å². The molecule has 2 rings (SSSR count). The van der Waals surface area contributed by atoms with Crippen molar-refractivity contribution in [3.05, 3.63) is 0 Å². The van der Waals surface area contributed by atoms with Crippen LogP contribution < -0.4 is 5.32 Å². The standard InChI is InChI=1S/C14H26N2OS/c1-2-12-4-3-9-16(10-12)14(17)11-18-13-5-7-15-8-6-13/h12-13,15H,2-11H2,1H3. The summed E-state index contributed by atoms with van der Waals surface area (Å²) in [4.78, 5) is 14.3. The number of piperidine rings is 2. The van der Waals surface area contributed by atoms with Crippen molar-refractivity contribution in [2.45, 2.75) is 44.3 Å². The molecular weight excluding hydrogens is 244 g/mol. The number of carbonyl (C=O) groups excluding carboxylic acids is 1. The van der Waals surface area contributed by atoms with E-state index in [1.807, 2.05) is 11.8 Å². The van der Waals surface area contributed by atoms with E-state index < -0.39 is 0 Å². The Morgan fingerprint density at radius 2 is 2.11 bits per heavy atom. The molecule has 1 amide bonds. The summed E-state index contributed by atoms with van der Waals surface area (Å²) in [5, 5.41) is 4.07. The maximum absolute atomic E-state index is 12.2. The molecule has 2 fully saturated rings. The fourth-order valence-electron chi connectivity index (χ4n) is 2.87. The molecular formula is C14H26N2OS. The predicted octanol–water partition coefficient (Wildman–Crippen LogP) is 2.12. The monoisotopic (exact) mass is 270 g/mol. The summed E-state index contributed by atoms with van der Waals surface area (Å²) < 4.78 is 0. The lowest BCUT2D eigenvalue weighted by Gasteiger charge is -2.32. The average molecular weight is 270 g/mol. The summed E-state index contributed by atoms with van der Waals surface area (Å²) in [5.74, 6) is 1.81. The summed E-state index contributed by atoms with van der Waals surface area (Å²) in [5.41, 5.74) is 0. The van der Waals surface area contributed by atoms with E-state index >= 15 is 0 Å². The molecule has 2 aliphatic heterocycles. The summed E-state index contributed by atoms with van der Waals surface area (Å²) >= 11 is 1.88. The highest BCUT2D eigenvalue weighted by molar-refractivity contribution is 8.00. The third kappa shape index (κ3) is 4.16. The van der Waals surface area contributed by atoms with Gasteiger partial charge in [-0.3, -0.25) is 4.79 Å². The van der Waals surface area contributed by atoms with Crippen molar-refractivity contribution in [2.75, 3.05) is 31.9 Å². The lowest BCUT2D eigenvalue weighted by atomic mass is 9.96. The van der Waals surface area contributed by atoms with Gasteiger partial charge >= 0.3 is 0 Å². The van der Waals surface area contributed by atoms with Crippen LogP contribution in [0.4, 0.5) is 0 Å². The molecule has 2 saturated heterocycles. The predicted molar refractivity (Wildman–Crippen MR) is 77.9 cm³/mol. The molecule has 0 radical (unpaired) electrons. The Morgan fingerprint density at radius 3 is 2.83 bits per heavy atom. The van der Waals surface area contributed by atoms with E-state index in [0.717, 1.165) is 32.1 Å². The normalized spacial score (nSPS) is 26.3. The van der Waals surface area contributed by atoms with Crippen LogP contribution in [0.3, 0.4) is 0 Å². The molecule has 104 valence electrons. The lowest BCUT2D eigenvalue weighted by molar-refractivity contribution is -0.130. The molecule has 2 heterocycles. The highest BCUT2D eigenvalue weighted by atomic mass is 32.2. The van der Waals surface area contributed by atoms with E-state index in [-0.39, 0.29) is 0 Å². The van der Waals surface area contributed by atoms with E-state index in [2.05, 4.69) is 17.1 Å². The van der Waals surface area contributed by atoms with Gasteiger partial charge in [-0.05, 0) is 44.7 Å². The Morgan fingerprint density at radius 1 is 1.33 bits per heavy atom. The first kappa shape index (κ1) is 14.2. The first-order valence-electron chi connectivity index (χ1n) is 7.39. The minimum absolute atomic E-state index is 0.372. The number of carbonyl (C=O) groups is 1. The number of rotatable bonds is 4. The van der Waals surface area contributed by atoms with Gasteiger partial charge in [0.1, 0.15) is 0 Å². The van der Waals surface area contributed by atoms with E-state index in [4.69, 9.17) is 0 Å². The summed E-state index contributed by atoms with van der Waals surface area (Å²) in [7, 11) is 0. The molecule has 1 N–H and O–H groups in total. The van der Waals surface area contributed by atoms with Gasteiger partial charge in [-0.1, -0.05) is 13.3 Å². The quantitative estimate of drug-likeness (QED) is 0.849. The molecule has 4 heteroatoms. The molecule has 0 spiro atoms. The van der Waals surface area contributed by atoms with Gasteiger partial charge in [0, 0.05) is 18.3 Å². The number of thioether (sulfide) groups is 1. The molecule has 3 nitrogen and oxygen atoms in total. The van der Waals surface area contributed by atoms with Crippen molar-refractivity contribution in [1.82, 2.24) is 10.2 Å². The van der Waals surface area contributed by atoms with Gasteiger partial charge in [0.05, 0.1) is 5.75 Å². The van der Waals surface area contributed by atoms with Crippen molar-refractivity contribution in [2.24, 2.45) is 5.92 Å². The first-order chi connectivity index (χ1) is 8.79. The van der Waals surface area contributed by atoms with Crippen LogP contribution in [0.1, 0.15) is 39.0 Å². The summed E-state index contributed by atoms with van der Waals surface area (Å²) in [6.07, 6.45) is 6.15. The SMILES string of the molecule is CCC1CCCN(C(=O)CSC2CCNCC2)C1. The van der Waals surface area contributed by atoms with Gasteiger partial charge in [0.15, 0.2) is 0 Å². The molecule has 0 aromatic heterocycles. The number of amides is 1. The van der Waals surface area contributed by atoms with E-state index in [0.29, 0.717) is 16.9 Å². The third-order valence-electron chi connectivity index (χ3n) is 4.18. The van der Waals surface area contributed by atoms with Crippen LogP contribution in [0.2, 0.25) is 0 Å². The minimum Gasteiger partial charge on any atom is -0.342 e. The molecule has 0 bridgehead atoms. The zero-order chi connectivity index (χ0) is 12.8. The second kappa shape index (κ2) is 7.39. The Bertz CT molecular complexity index is 267. The van der Waals surface area contributed by atoms with E-state index in [1.54, 1.807) is 0 Å². The highest BCUT2D eigenvalue weighted by Crippen LogP contribution is 2.23. The lowest BCUT2D eigenvalue weighted by Crippen LogP contribution is -2.41. The zero-order valence-electron chi connectivity index (χ0n) is 11.5. The van der Waals surface area contributed by atoms with Gasteiger partial charge in [0.2, 0.25) is 5.91 Å². The largest absolute Gasteiger partial charge is 0.342 e. The van der Waals surface area contributed by atoms with Crippen LogP contribution in [-0.4, -0.2) is 48.0 Å². The smallest absolute Gasteiger partial charge is 0.232 e. The molecule has 1 unspecified atom stereocenters. The Labute approximate surface area is 115 Å². The number of hydrogen-bond acceptors (Lipinski definition) is 3. The maximum atomic E-state index is 12.2. The summed E-state index contributed by atoms with van der Waals surface area (Å²) in [6, 6.07) is 0.